The van der Waals surface area contributed by atoms with Gasteiger partial charge in [0.25, 0.3) is 5.56 Å². The van der Waals surface area contributed by atoms with Crippen LogP contribution in [-0.4, -0.2) is 20.9 Å². The van der Waals surface area contributed by atoms with Crippen molar-refractivity contribution in [2.45, 2.75) is 6.54 Å². The minimum Gasteiger partial charge on any atom is -0.349 e. The van der Waals surface area contributed by atoms with E-state index in [1.807, 2.05) is 0 Å². The molecular formula is C9H12ClN3O3. The molecule has 88 valence electrons. The number of nitrogens with one attached hydrogen (secondary N) is 1. The van der Waals surface area contributed by atoms with Crippen molar-refractivity contribution in [1.82, 2.24) is 14.5 Å². The number of nitrogens with zero attached hydrogens (tertiary/aromatic N) is 2. The van der Waals surface area contributed by atoms with Gasteiger partial charge < -0.3 is 5.32 Å². The molecule has 1 N–H and O–H groups in total. The maximum atomic E-state index is 11.5. The Morgan fingerprint density at radius 3 is 2.56 bits per heavy atom. The molecule has 1 aromatic heterocycles. The number of alkyl halides is 1. The number of rotatable bonds is 3. The SMILES string of the molecule is Cn1c(CNC(=O)CCl)cc(=O)n(C)c1=O. The van der Waals surface area contributed by atoms with E-state index in [2.05, 4.69) is 5.32 Å². The maximum Gasteiger partial charge on any atom is 0.330 e. The first-order chi connectivity index (χ1) is 7.47. The zero-order valence-electron chi connectivity index (χ0n) is 8.99. The predicted molar refractivity (Wildman–Crippen MR) is 59.5 cm³/mol. The smallest absolute Gasteiger partial charge is 0.330 e. The number of hydrogen-bond acceptors (Lipinski definition) is 3. The molecule has 0 spiro atoms. The summed E-state index contributed by atoms with van der Waals surface area (Å²) in [4.78, 5) is 33.8. The number of halogens is 1. The lowest BCUT2D eigenvalue weighted by atomic mass is 10.4. The zero-order chi connectivity index (χ0) is 12.3. The van der Waals surface area contributed by atoms with E-state index in [9.17, 15) is 14.4 Å². The van der Waals surface area contributed by atoms with Crippen molar-refractivity contribution in [3.8, 4) is 0 Å². The van der Waals surface area contributed by atoms with Gasteiger partial charge in [-0.25, -0.2) is 4.79 Å². The van der Waals surface area contributed by atoms with Crippen molar-refractivity contribution in [2.24, 2.45) is 14.1 Å². The molecule has 0 aliphatic carbocycles. The third-order valence-corrected chi connectivity index (χ3v) is 2.46. The molecule has 6 nitrogen and oxygen atoms in total. The average molecular weight is 246 g/mol. The lowest BCUT2D eigenvalue weighted by Crippen LogP contribution is -2.39. The van der Waals surface area contributed by atoms with Crippen LogP contribution in [0.4, 0.5) is 0 Å². The Hall–Kier alpha value is -1.56. The van der Waals surface area contributed by atoms with Crippen LogP contribution in [0.2, 0.25) is 0 Å². The van der Waals surface area contributed by atoms with Crippen LogP contribution >= 0.6 is 11.6 Å². The molecule has 0 fully saturated rings. The molecule has 0 saturated heterocycles. The van der Waals surface area contributed by atoms with Crippen molar-refractivity contribution in [1.29, 1.82) is 0 Å². The fraction of sp³-hybridized carbons (Fsp3) is 0.444. The second-order valence-corrected chi connectivity index (χ2v) is 3.55. The van der Waals surface area contributed by atoms with E-state index in [0.717, 1.165) is 4.57 Å². The molecule has 1 rings (SSSR count). The quantitative estimate of drug-likeness (QED) is 0.690. The van der Waals surface area contributed by atoms with Crippen LogP contribution in [-0.2, 0) is 25.4 Å². The minimum atomic E-state index is -0.428. The molecular weight excluding hydrogens is 234 g/mol. The molecule has 1 amide bonds. The van der Waals surface area contributed by atoms with E-state index in [0.29, 0.717) is 5.69 Å². The molecule has 7 heteroatoms. The van der Waals surface area contributed by atoms with E-state index in [4.69, 9.17) is 11.6 Å². The predicted octanol–water partition coefficient (Wildman–Crippen LogP) is -1.06. The largest absolute Gasteiger partial charge is 0.349 e. The molecule has 0 aliphatic heterocycles. The summed E-state index contributed by atoms with van der Waals surface area (Å²) in [6.45, 7) is 0.105. The molecule has 0 aromatic carbocycles. The summed E-state index contributed by atoms with van der Waals surface area (Å²) in [5.74, 6) is -0.506. The molecule has 0 bridgehead atoms. The molecule has 1 aromatic rings. The van der Waals surface area contributed by atoms with Gasteiger partial charge in [0, 0.05) is 25.9 Å². The Bertz CT molecular complexity index is 518. The monoisotopic (exact) mass is 245 g/mol. The van der Waals surface area contributed by atoms with Gasteiger partial charge in [-0.3, -0.25) is 18.7 Å². The Labute approximate surface area is 96.5 Å². The number of hydrogen-bond donors (Lipinski definition) is 1. The van der Waals surface area contributed by atoms with Gasteiger partial charge in [-0.15, -0.1) is 11.6 Å². The van der Waals surface area contributed by atoms with Crippen LogP contribution in [0, 0.1) is 0 Å². The topological polar surface area (TPSA) is 73.1 Å². The van der Waals surface area contributed by atoms with Crippen molar-refractivity contribution < 1.29 is 4.79 Å². The summed E-state index contributed by atoms with van der Waals surface area (Å²) in [5.41, 5.74) is -0.396. The molecule has 0 radical (unpaired) electrons. The van der Waals surface area contributed by atoms with Crippen molar-refractivity contribution >= 4 is 17.5 Å². The summed E-state index contributed by atoms with van der Waals surface area (Å²) in [6.07, 6.45) is 0. The number of aromatic nitrogens is 2. The Kier molecular flexibility index (Phi) is 3.89. The van der Waals surface area contributed by atoms with Crippen LogP contribution in [0.1, 0.15) is 5.69 Å². The fourth-order valence-corrected chi connectivity index (χ4v) is 1.28. The average Bonchev–Trinajstić information content (AvgIpc) is 2.28. The molecule has 0 unspecified atom stereocenters. The first-order valence-corrected chi connectivity index (χ1v) is 5.09. The van der Waals surface area contributed by atoms with Crippen molar-refractivity contribution in [2.75, 3.05) is 5.88 Å². The van der Waals surface area contributed by atoms with Gasteiger partial charge in [0.1, 0.15) is 5.88 Å². The first-order valence-electron chi connectivity index (χ1n) is 4.56. The third-order valence-electron chi connectivity index (χ3n) is 2.21. The summed E-state index contributed by atoms with van der Waals surface area (Å²) < 4.78 is 2.29. The highest BCUT2D eigenvalue weighted by Gasteiger charge is 2.06. The van der Waals surface area contributed by atoms with Crippen LogP contribution in [0.5, 0.6) is 0 Å². The Morgan fingerprint density at radius 1 is 1.38 bits per heavy atom. The highest BCUT2D eigenvalue weighted by molar-refractivity contribution is 6.27. The molecule has 16 heavy (non-hydrogen) atoms. The molecule has 0 atom stereocenters. The van der Waals surface area contributed by atoms with Gasteiger partial charge in [0.2, 0.25) is 5.91 Å². The zero-order valence-corrected chi connectivity index (χ0v) is 9.74. The molecule has 0 saturated carbocycles. The van der Waals surface area contributed by atoms with Gasteiger partial charge in [-0.2, -0.15) is 0 Å². The Balaban J connectivity index is 3.03. The van der Waals surface area contributed by atoms with Crippen LogP contribution in [0.15, 0.2) is 15.7 Å². The molecule has 1 heterocycles. The summed E-state index contributed by atoms with van der Waals surface area (Å²) in [5, 5.41) is 2.48. The van der Waals surface area contributed by atoms with Gasteiger partial charge >= 0.3 is 5.69 Å². The fourth-order valence-electron chi connectivity index (χ4n) is 1.18. The molecule has 0 aliphatic rings. The highest BCUT2D eigenvalue weighted by Crippen LogP contribution is 1.90. The van der Waals surface area contributed by atoms with E-state index in [1.54, 1.807) is 0 Å². The second-order valence-electron chi connectivity index (χ2n) is 3.28. The number of carbonyl (C=O) groups excluding carboxylic acids is 1. The summed E-state index contributed by atoms with van der Waals surface area (Å²) in [7, 11) is 2.93. The van der Waals surface area contributed by atoms with Crippen LogP contribution in [0.25, 0.3) is 0 Å². The Morgan fingerprint density at radius 2 is 2.00 bits per heavy atom. The number of carbonyl (C=O) groups is 1. The summed E-state index contributed by atoms with van der Waals surface area (Å²) in [6, 6.07) is 1.30. The normalized spacial score (nSPS) is 10.2. The van der Waals surface area contributed by atoms with Crippen LogP contribution in [0.3, 0.4) is 0 Å². The summed E-state index contributed by atoms with van der Waals surface area (Å²) >= 11 is 5.30. The van der Waals surface area contributed by atoms with E-state index >= 15 is 0 Å². The van der Waals surface area contributed by atoms with E-state index in [1.165, 1.54) is 24.7 Å². The first kappa shape index (κ1) is 12.5. The standard InChI is InChI=1S/C9H12ClN3O3/c1-12-6(5-11-7(14)4-10)3-8(15)13(2)9(12)16/h3H,4-5H2,1-2H3,(H,11,14). The van der Waals surface area contributed by atoms with Gasteiger partial charge in [-0.1, -0.05) is 0 Å². The lowest BCUT2D eigenvalue weighted by Gasteiger charge is -2.09. The van der Waals surface area contributed by atoms with Gasteiger partial charge in [0.15, 0.2) is 0 Å². The van der Waals surface area contributed by atoms with Gasteiger partial charge in [-0.05, 0) is 0 Å². The third kappa shape index (κ3) is 2.52. The van der Waals surface area contributed by atoms with Gasteiger partial charge in [0.05, 0.1) is 6.54 Å². The van der Waals surface area contributed by atoms with E-state index in [-0.39, 0.29) is 18.3 Å². The van der Waals surface area contributed by atoms with Crippen molar-refractivity contribution in [3.05, 3.63) is 32.6 Å². The maximum absolute atomic E-state index is 11.5. The minimum absolute atomic E-state index is 0.105. The number of amides is 1. The lowest BCUT2D eigenvalue weighted by molar-refractivity contribution is -0.118. The second kappa shape index (κ2) is 4.98. The van der Waals surface area contributed by atoms with E-state index < -0.39 is 11.2 Å². The van der Waals surface area contributed by atoms with Crippen LogP contribution < -0.4 is 16.6 Å². The highest BCUT2D eigenvalue weighted by atomic mass is 35.5. The van der Waals surface area contributed by atoms with Crippen molar-refractivity contribution in [3.63, 3.8) is 0 Å².